The molecule has 1 N–H and O–H groups in total. The number of H-pyrrole nitrogens is 1. The van der Waals surface area contributed by atoms with Crippen molar-refractivity contribution in [3.63, 3.8) is 0 Å². The van der Waals surface area contributed by atoms with Gasteiger partial charge < -0.3 is 19.5 Å². The van der Waals surface area contributed by atoms with Gasteiger partial charge in [0.1, 0.15) is 5.82 Å². The van der Waals surface area contributed by atoms with Crippen LogP contribution in [0.5, 0.6) is 0 Å². The monoisotopic (exact) mass is 368 g/mol. The van der Waals surface area contributed by atoms with Crippen molar-refractivity contribution >= 4 is 11.8 Å². The number of carbonyl (C=O) groups is 2. The van der Waals surface area contributed by atoms with Gasteiger partial charge in [0, 0.05) is 45.1 Å². The van der Waals surface area contributed by atoms with Crippen molar-refractivity contribution in [1.82, 2.24) is 19.8 Å². The van der Waals surface area contributed by atoms with Crippen molar-refractivity contribution in [2.75, 3.05) is 33.4 Å². The number of ether oxygens (including phenoxy) is 1. The van der Waals surface area contributed by atoms with Crippen LogP contribution in [0.2, 0.25) is 0 Å². The number of methoxy groups -OCH3 is 1. The molecule has 0 spiro atoms. The molecule has 2 aromatic rings. The molecule has 1 atom stereocenters. The van der Waals surface area contributed by atoms with Crippen LogP contribution in [0.4, 0.5) is 0 Å². The number of amides is 2. The summed E-state index contributed by atoms with van der Waals surface area (Å²) in [6.45, 7) is 2.70. The Labute approximate surface area is 158 Å². The summed E-state index contributed by atoms with van der Waals surface area (Å²) >= 11 is 0. The Morgan fingerprint density at radius 2 is 2.15 bits per heavy atom. The first kappa shape index (κ1) is 17.7. The average molecular weight is 368 g/mol. The van der Waals surface area contributed by atoms with E-state index in [1.807, 2.05) is 35.2 Å². The minimum absolute atomic E-state index is 0.0380. The molecule has 1 aromatic heterocycles. The minimum atomic E-state index is -0.257. The zero-order valence-electron chi connectivity index (χ0n) is 15.5. The highest BCUT2D eigenvalue weighted by Gasteiger charge is 2.37. The van der Waals surface area contributed by atoms with Crippen molar-refractivity contribution in [3.8, 4) is 11.4 Å². The summed E-state index contributed by atoms with van der Waals surface area (Å²) < 4.78 is 5.04. The van der Waals surface area contributed by atoms with E-state index >= 15 is 0 Å². The smallest absolute Gasteiger partial charge is 0.228 e. The van der Waals surface area contributed by atoms with Crippen molar-refractivity contribution in [3.05, 3.63) is 41.7 Å². The molecule has 2 amide bonds. The lowest BCUT2D eigenvalue weighted by Crippen LogP contribution is -2.40. The maximum atomic E-state index is 12.9. The summed E-state index contributed by atoms with van der Waals surface area (Å²) in [5.74, 6) is 0.685. The zero-order chi connectivity index (χ0) is 18.8. The van der Waals surface area contributed by atoms with E-state index in [0.717, 1.165) is 29.2 Å². The number of benzene rings is 1. The number of likely N-dealkylation sites (tertiary alicyclic amines) is 1. The predicted molar refractivity (Wildman–Crippen MR) is 99.7 cm³/mol. The summed E-state index contributed by atoms with van der Waals surface area (Å²) in [6, 6.07) is 9.99. The molecule has 0 bridgehead atoms. The fourth-order valence-corrected chi connectivity index (χ4v) is 3.83. The second-order valence-corrected chi connectivity index (χ2v) is 7.12. The number of fused-ring (bicyclic) bond motifs is 1. The molecule has 0 aliphatic carbocycles. The van der Waals surface area contributed by atoms with Gasteiger partial charge in [-0.25, -0.2) is 4.98 Å². The van der Waals surface area contributed by atoms with Crippen LogP contribution in [-0.4, -0.2) is 64.9 Å². The summed E-state index contributed by atoms with van der Waals surface area (Å²) in [6.07, 6.45) is 1.03. The molecular formula is C20H24N4O3. The van der Waals surface area contributed by atoms with Gasteiger partial charge in [-0.15, -0.1) is 0 Å². The summed E-state index contributed by atoms with van der Waals surface area (Å²) in [5.41, 5.74) is 3.07. The summed E-state index contributed by atoms with van der Waals surface area (Å²) in [4.78, 5) is 36.7. The number of rotatable bonds is 5. The van der Waals surface area contributed by atoms with Crippen molar-refractivity contribution < 1.29 is 14.3 Å². The summed E-state index contributed by atoms with van der Waals surface area (Å²) in [7, 11) is 1.61. The highest BCUT2D eigenvalue weighted by atomic mass is 16.5. The molecule has 27 heavy (non-hydrogen) atoms. The van der Waals surface area contributed by atoms with Gasteiger partial charge in [0.2, 0.25) is 11.8 Å². The van der Waals surface area contributed by atoms with Crippen LogP contribution in [0.3, 0.4) is 0 Å². The van der Waals surface area contributed by atoms with Gasteiger partial charge in [-0.1, -0.05) is 30.3 Å². The number of aromatic nitrogens is 2. The zero-order valence-corrected chi connectivity index (χ0v) is 15.5. The topological polar surface area (TPSA) is 78.5 Å². The largest absolute Gasteiger partial charge is 0.383 e. The third-order valence-electron chi connectivity index (χ3n) is 5.32. The quantitative estimate of drug-likeness (QED) is 0.867. The van der Waals surface area contributed by atoms with Crippen LogP contribution < -0.4 is 0 Å². The maximum absolute atomic E-state index is 12.9. The Kier molecular flexibility index (Phi) is 4.94. The fourth-order valence-electron chi connectivity index (χ4n) is 3.83. The average Bonchev–Trinajstić information content (AvgIpc) is 3.29. The molecule has 4 rings (SSSR count). The molecule has 7 heteroatoms. The van der Waals surface area contributed by atoms with E-state index in [4.69, 9.17) is 9.72 Å². The first-order valence-electron chi connectivity index (χ1n) is 9.34. The van der Waals surface area contributed by atoms with Gasteiger partial charge in [-0.3, -0.25) is 9.59 Å². The van der Waals surface area contributed by atoms with Crippen LogP contribution in [0.1, 0.15) is 17.8 Å². The fraction of sp³-hybridized carbons (Fsp3) is 0.450. The number of nitrogens with zero attached hydrogens (tertiary/aromatic N) is 3. The number of hydrogen-bond acceptors (Lipinski definition) is 4. The van der Waals surface area contributed by atoms with Crippen LogP contribution >= 0.6 is 0 Å². The number of nitrogens with one attached hydrogen (secondary N) is 1. The molecule has 7 nitrogen and oxygen atoms in total. The Hall–Kier alpha value is -2.67. The molecule has 1 aromatic carbocycles. The Balaban J connectivity index is 1.43. The van der Waals surface area contributed by atoms with Crippen LogP contribution in [0, 0.1) is 5.92 Å². The number of imidazole rings is 1. The highest BCUT2D eigenvalue weighted by molar-refractivity contribution is 5.89. The molecule has 3 heterocycles. The third kappa shape index (κ3) is 3.60. The molecular weight excluding hydrogens is 344 g/mol. The van der Waals surface area contributed by atoms with Crippen LogP contribution in [0.25, 0.3) is 11.4 Å². The van der Waals surface area contributed by atoms with E-state index < -0.39 is 0 Å². The van der Waals surface area contributed by atoms with Crippen molar-refractivity contribution in [1.29, 1.82) is 0 Å². The SMILES string of the molecule is COCCN1C[C@@H](C(=O)N2CCc3nc(-c4ccccc4)[nH]c3C2)CC1=O. The molecule has 142 valence electrons. The van der Waals surface area contributed by atoms with Gasteiger partial charge in [0.15, 0.2) is 0 Å². The Morgan fingerprint density at radius 1 is 1.33 bits per heavy atom. The van der Waals surface area contributed by atoms with E-state index in [2.05, 4.69) is 4.98 Å². The molecule has 0 unspecified atom stereocenters. The lowest BCUT2D eigenvalue weighted by molar-refractivity contribution is -0.136. The van der Waals surface area contributed by atoms with E-state index in [-0.39, 0.29) is 17.7 Å². The van der Waals surface area contributed by atoms with E-state index in [1.165, 1.54) is 0 Å². The first-order valence-corrected chi connectivity index (χ1v) is 9.34. The second kappa shape index (κ2) is 7.52. The minimum Gasteiger partial charge on any atom is -0.383 e. The molecule has 0 radical (unpaired) electrons. The van der Waals surface area contributed by atoms with Gasteiger partial charge in [-0.2, -0.15) is 0 Å². The lowest BCUT2D eigenvalue weighted by Gasteiger charge is -2.28. The molecule has 2 aliphatic heterocycles. The highest BCUT2D eigenvalue weighted by Crippen LogP contribution is 2.26. The van der Waals surface area contributed by atoms with Gasteiger partial charge in [0.05, 0.1) is 30.5 Å². The molecule has 0 saturated carbocycles. The molecule has 1 saturated heterocycles. The maximum Gasteiger partial charge on any atom is 0.228 e. The predicted octanol–water partition coefficient (Wildman–Crippen LogP) is 1.46. The Morgan fingerprint density at radius 3 is 2.93 bits per heavy atom. The molecule has 2 aliphatic rings. The molecule has 1 fully saturated rings. The Bertz CT molecular complexity index is 833. The number of aromatic amines is 1. The second-order valence-electron chi connectivity index (χ2n) is 7.12. The van der Waals surface area contributed by atoms with Crippen LogP contribution in [0.15, 0.2) is 30.3 Å². The lowest BCUT2D eigenvalue weighted by atomic mass is 10.0. The number of hydrogen-bond donors (Lipinski definition) is 1. The third-order valence-corrected chi connectivity index (χ3v) is 5.32. The van der Waals surface area contributed by atoms with Crippen LogP contribution in [-0.2, 0) is 27.3 Å². The van der Waals surface area contributed by atoms with Gasteiger partial charge in [-0.05, 0) is 0 Å². The van der Waals surface area contributed by atoms with E-state index in [0.29, 0.717) is 39.2 Å². The summed E-state index contributed by atoms with van der Waals surface area (Å²) in [5, 5.41) is 0. The standard InChI is InChI=1S/C20H24N4O3/c1-27-10-9-23-12-15(11-18(23)25)20(26)24-8-7-16-17(13-24)22-19(21-16)14-5-3-2-4-6-14/h2-6,15H,7-13H2,1H3,(H,21,22)/t15-/m0/s1. The normalized spacial score (nSPS) is 19.4. The van der Waals surface area contributed by atoms with Gasteiger partial charge >= 0.3 is 0 Å². The first-order chi connectivity index (χ1) is 13.2. The van der Waals surface area contributed by atoms with E-state index in [1.54, 1.807) is 12.0 Å². The van der Waals surface area contributed by atoms with Gasteiger partial charge in [0.25, 0.3) is 0 Å². The van der Waals surface area contributed by atoms with Crippen molar-refractivity contribution in [2.24, 2.45) is 5.92 Å². The number of carbonyl (C=O) groups excluding carboxylic acids is 2. The van der Waals surface area contributed by atoms with Crippen molar-refractivity contribution in [2.45, 2.75) is 19.4 Å². The van der Waals surface area contributed by atoms with E-state index in [9.17, 15) is 9.59 Å².